The summed E-state index contributed by atoms with van der Waals surface area (Å²) < 4.78 is 38.0. The Bertz CT molecular complexity index is 1310. The van der Waals surface area contributed by atoms with Gasteiger partial charge in [-0.05, 0) is 62.9 Å². The molecule has 0 atom stereocenters. The maximum Gasteiger partial charge on any atom is 0.336 e. The van der Waals surface area contributed by atoms with Gasteiger partial charge in [-0.2, -0.15) is 0 Å². The second kappa shape index (κ2) is 11.4. The van der Waals surface area contributed by atoms with Crippen molar-refractivity contribution in [3.05, 3.63) is 69.6 Å². The molecule has 2 aromatic carbocycles. The van der Waals surface area contributed by atoms with Gasteiger partial charge >= 0.3 is 11.6 Å². The van der Waals surface area contributed by atoms with Gasteiger partial charge < -0.3 is 9.15 Å². The zero-order valence-electron chi connectivity index (χ0n) is 19.8. The predicted octanol–water partition coefficient (Wildman–Crippen LogP) is 4.81. The van der Waals surface area contributed by atoms with Crippen LogP contribution in [0.4, 0.5) is 0 Å². The summed E-state index contributed by atoms with van der Waals surface area (Å²) >= 11 is 0. The number of rotatable bonds is 11. The van der Waals surface area contributed by atoms with Gasteiger partial charge in [-0.25, -0.2) is 17.9 Å². The topological polar surface area (TPSA) is 103 Å². The number of nitrogens with one attached hydrogen (secondary N) is 1. The number of benzene rings is 2. The van der Waals surface area contributed by atoms with E-state index in [1.54, 1.807) is 37.3 Å². The lowest BCUT2D eigenvalue weighted by atomic mass is 10.0. The smallest absolute Gasteiger partial charge is 0.336 e. The van der Waals surface area contributed by atoms with Crippen molar-refractivity contribution in [1.29, 1.82) is 0 Å². The molecule has 0 amide bonds. The first kappa shape index (κ1) is 25.6. The van der Waals surface area contributed by atoms with Crippen LogP contribution < -0.4 is 15.1 Å². The van der Waals surface area contributed by atoms with Crippen molar-refractivity contribution in [2.75, 3.05) is 6.54 Å². The van der Waals surface area contributed by atoms with Gasteiger partial charge in [0.2, 0.25) is 10.0 Å². The molecule has 0 spiro atoms. The molecule has 0 aliphatic rings. The number of hydrogen-bond acceptors (Lipinski definition) is 6. The lowest BCUT2D eigenvalue weighted by Crippen LogP contribution is -2.24. The number of hydrogen-bond donors (Lipinski definition) is 1. The molecule has 0 unspecified atom stereocenters. The van der Waals surface area contributed by atoms with E-state index < -0.39 is 15.6 Å². The van der Waals surface area contributed by atoms with Crippen LogP contribution >= 0.6 is 0 Å². The molecule has 1 heterocycles. The minimum absolute atomic E-state index is 0.210. The fourth-order valence-electron chi connectivity index (χ4n) is 3.75. The summed E-state index contributed by atoms with van der Waals surface area (Å²) in [5.41, 5.74) is 2.57. The van der Waals surface area contributed by atoms with E-state index in [9.17, 15) is 18.0 Å². The third-order valence-corrected chi connectivity index (χ3v) is 7.10. The van der Waals surface area contributed by atoms with Crippen molar-refractivity contribution in [2.24, 2.45) is 0 Å². The normalized spacial score (nSPS) is 11.6. The van der Waals surface area contributed by atoms with Gasteiger partial charge in [-0.1, -0.05) is 37.5 Å². The monoisotopic (exact) mass is 485 g/mol. The molecule has 1 N–H and O–H groups in total. The van der Waals surface area contributed by atoms with Crippen LogP contribution in [0.1, 0.15) is 55.7 Å². The fourth-order valence-corrected chi connectivity index (χ4v) is 4.82. The van der Waals surface area contributed by atoms with Crippen LogP contribution in [0.15, 0.2) is 56.6 Å². The van der Waals surface area contributed by atoms with Crippen molar-refractivity contribution in [3.63, 3.8) is 0 Å². The van der Waals surface area contributed by atoms with Crippen LogP contribution in [0.25, 0.3) is 11.0 Å². The molecule has 0 bridgehead atoms. The Kier molecular flexibility index (Phi) is 8.63. The number of fused-ring (bicyclic) bond motifs is 1. The Morgan fingerprint density at radius 3 is 2.47 bits per heavy atom. The van der Waals surface area contributed by atoms with E-state index in [2.05, 4.69) is 4.72 Å². The molecule has 3 aromatic rings. The summed E-state index contributed by atoms with van der Waals surface area (Å²) in [5.74, 6) is -0.00472. The van der Waals surface area contributed by atoms with E-state index in [0.29, 0.717) is 42.7 Å². The zero-order valence-corrected chi connectivity index (χ0v) is 20.7. The highest BCUT2D eigenvalue weighted by Gasteiger charge is 2.15. The average Bonchev–Trinajstić information content (AvgIpc) is 2.79. The predicted molar refractivity (Wildman–Crippen MR) is 132 cm³/mol. The summed E-state index contributed by atoms with van der Waals surface area (Å²) in [6.07, 6.45) is 3.75. The highest BCUT2D eigenvalue weighted by Crippen LogP contribution is 2.29. The number of carbonyl (C=O) groups is 1. The second-order valence-electron chi connectivity index (χ2n) is 8.40. The van der Waals surface area contributed by atoms with Crippen molar-refractivity contribution in [3.8, 4) is 5.75 Å². The highest BCUT2D eigenvalue weighted by molar-refractivity contribution is 7.89. The quantitative estimate of drug-likeness (QED) is 0.181. The summed E-state index contributed by atoms with van der Waals surface area (Å²) in [6, 6.07) is 11.7. The average molecular weight is 486 g/mol. The van der Waals surface area contributed by atoms with E-state index >= 15 is 0 Å². The highest BCUT2D eigenvalue weighted by atomic mass is 32.2. The lowest BCUT2D eigenvalue weighted by molar-refractivity contribution is -0.134. The Labute approximate surface area is 200 Å². The first-order valence-corrected chi connectivity index (χ1v) is 13.0. The van der Waals surface area contributed by atoms with Gasteiger partial charge in [0.05, 0.1) is 4.90 Å². The summed E-state index contributed by atoms with van der Waals surface area (Å²) in [6.45, 7) is 6.01. The summed E-state index contributed by atoms with van der Waals surface area (Å²) in [5, 5.41) is 0.854. The van der Waals surface area contributed by atoms with Gasteiger partial charge in [0.1, 0.15) is 11.3 Å². The first-order valence-electron chi connectivity index (χ1n) is 11.5. The second-order valence-corrected chi connectivity index (χ2v) is 10.2. The van der Waals surface area contributed by atoms with Gasteiger partial charge in [0.25, 0.3) is 0 Å². The number of ether oxygens (including phenoxy) is 1. The Balaban J connectivity index is 1.48. The van der Waals surface area contributed by atoms with Crippen LogP contribution in [-0.2, 0) is 21.2 Å². The van der Waals surface area contributed by atoms with Crippen molar-refractivity contribution in [1.82, 2.24) is 4.72 Å². The minimum Gasteiger partial charge on any atom is -0.426 e. The molecule has 182 valence electrons. The number of esters is 1. The maximum absolute atomic E-state index is 12.3. The minimum atomic E-state index is -3.53. The van der Waals surface area contributed by atoms with Crippen molar-refractivity contribution >= 4 is 27.0 Å². The maximum atomic E-state index is 12.3. The third-order valence-electron chi connectivity index (χ3n) is 5.62. The van der Waals surface area contributed by atoms with E-state index in [0.717, 1.165) is 29.4 Å². The number of unbranched alkanes of at least 4 members (excludes halogenated alkanes) is 2. The molecule has 3 rings (SSSR count). The van der Waals surface area contributed by atoms with Crippen LogP contribution in [0, 0.1) is 13.8 Å². The molecule has 0 fully saturated rings. The molecule has 0 saturated heterocycles. The van der Waals surface area contributed by atoms with Gasteiger partial charge in [-0.15, -0.1) is 0 Å². The Morgan fingerprint density at radius 1 is 1.03 bits per heavy atom. The number of sulfonamides is 1. The van der Waals surface area contributed by atoms with E-state index in [1.807, 2.05) is 19.9 Å². The number of aryl methyl sites for hydroxylation is 3. The molecular weight excluding hydrogens is 454 g/mol. The standard InChI is InChI=1S/C26H31NO6S/c1-4-8-20-17-25(29)33-26-19(3)23(15-14-22(20)26)32-24(28)9-6-5-7-16-27-34(30,31)21-12-10-18(2)11-13-21/h10-15,17,27H,4-9,16H2,1-3H3. The SMILES string of the molecule is CCCc1cc(=O)oc2c(C)c(OC(=O)CCCCCNS(=O)(=O)c3ccc(C)cc3)ccc12. The Morgan fingerprint density at radius 2 is 1.76 bits per heavy atom. The zero-order chi connectivity index (χ0) is 24.7. The molecule has 8 heteroatoms. The summed E-state index contributed by atoms with van der Waals surface area (Å²) in [4.78, 5) is 24.5. The molecule has 0 aliphatic heterocycles. The molecule has 34 heavy (non-hydrogen) atoms. The van der Waals surface area contributed by atoms with E-state index in [-0.39, 0.29) is 17.3 Å². The van der Waals surface area contributed by atoms with Crippen molar-refractivity contribution in [2.45, 2.75) is 64.2 Å². The van der Waals surface area contributed by atoms with Crippen LogP contribution in [-0.4, -0.2) is 20.9 Å². The van der Waals surface area contributed by atoms with Crippen LogP contribution in [0.5, 0.6) is 5.75 Å². The molecular formula is C26H31NO6S. The molecule has 0 saturated carbocycles. The molecule has 7 nitrogen and oxygen atoms in total. The lowest BCUT2D eigenvalue weighted by Gasteiger charge is -2.11. The van der Waals surface area contributed by atoms with Gasteiger partial charge in [0, 0.05) is 30.0 Å². The number of carbonyl (C=O) groups excluding carboxylic acids is 1. The molecule has 1 aromatic heterocycles. The third kappa shape index (κ3) is 6.55. The molecule has 0 radical (unpaired) electrons. The Hall–Kier alpha value is -2.97. The van der Waals surface area contributed by atoms with Crippen molar-refractivity contribution < 1.29 is 22.4 Å². The van der Waals surface area contributed by atoms with Crippen LogP contribution in [0.3, 0.4) is 0 Å². The summed E-state index contributed by atoms with van der Waals surface area (Å²) in [7, 11) is -3.53. The van der Waals surface area contributed by atoms with E-state index in [1.165, 1.54) is 6.07 Å². The largest absolute Gasteiger partial charge is 0.426 e. The van der Waals surface area contributed by atoms with Gasteiger partial charge in [-0.3, -0.25) is 4.79 Å². The molecule has 0 aliphatic carbocycles. The van der Waals surface area contributed by atoms with E-state index in [4.69, 9.17) is 9.15 Å². The first-order chi connectivity index (χ1) is 16.2. The fraction of sp³-hybridized carbons (Fsp3) is 0.385. The van der Waals surface area contributed by atoms with Gasteiger partial charge in [0.15, 0.2) is 0 Å². The van der Waals surface area contributed by atoms with Crippen LogP contribution in [0.2, 0.25) is 0 Å².